The molecule has 1 fully saturated rings. The summed E-state index contributed by atoms with van der Waals surface area (Å²) in [5.41, 5.74) is 0.743. The lowest BCUT2D eigenvalue weighted by molar-refractivity contribution is -0.117. The summed E-state index contributed by atoms with van der Waals surface area (Å²) in [4.78, 5) is 13.6. The number of carbonyl (C=O) groups is 1. The fourth-order valence-electron chi connectivity index (χ4n) is 2.38. The van der Waals surface area contributed by atoms with Crippen molar-refractivity contribution < 1.29 is 17.9 Å². The molecule has 0 saturated carbocycles. The van der Waals surface area contributed by atoms with Crippen molar-refractivity contribution >= 4 is 21.6 Å². The van der Waals surface area contributed by atoms with E-state index >= 15 is 0 Å². The maximum Gasteiger partial charge on any atom is 0.240 e. The third-order valence-corrected chi connectivity index (χ3v) is 5.09. The number of rotatable bonds is 9. The minimum absolute atomic E-state index is 0.0841. The van der Waals surface area contributed by atoms with Crippen molar-refractivity contribution in [1.82, 2.24) is 10.0 Å². The molecule has 23 heavy (non-hydrogen) atoms. The van der Waals surface area contributed by atoms with E-state index in [9.17, 15) is 13.2 Å². The predicted octanol–water partition coefficient (Wildman–Crippen LogP) is 0.328. The van der Waals surface area contributed by atoms with Gasteiger partial charge in [0.25, 0.3) is 0 Å². The molecule has 0 radical (unpaired) electrons. The smallest absolute Gasteiger partial charge is 0.240 e. The van der Waals surface area contributed by atoms with Crippen LogP contribution in [0.3, 0.4) is 0 Å². The molecule has 1 aromatic carbocycles. The zero-order valence-corrected chi connectivity index (χ0v) is 14.1. The highest BCUT2D eigenvalue weighted by molar-refractivity contribution is 7.89. The summed E-state index contributed by atoms with van der Waals surface area (Å²) >= 11 is 0. The summed E-state index contributed by atoms with van der Waals surface area (Å²) in [6.07, 6.45) is 1.40. The van der Waals surface area contributed by atoms with Gasteiger partial charge in [-0.25, -0.2) is 13.1 Å². The van der Waals surface area contributed by atoms with Gasteiger partial charge in [-0.05, 0) is 30.7 Å². The van der Waals surface area contributed by atoms with Crippen LogP contribution in [-0.4, -0.2) is 54.2 Å². The Hall–Kier alpha value is -1.48. The van der Waals surface area contributed by atoms with E-state index in [-0.39, 0.29) is 10.8 Å². The van der Waals surface area contributed by atoms with Crippen LogP contribution in [-0.2, 0) is 19.6 Å². The van der Waals surface area contributed by atoms with Gasteiger partial charge in [-0.3, -0.25) is 4.79 Å². The van der Waals surface area contributed by atoms with Gasteiger partial charge in [0.2, 0.25) is 15.9 Å². The van der Waals surface area contributed by atoms with E-state index in [0.29, 0.717) is 39.2 Å². The molecule has 0 unspecified atom stereocenters. The van der Waals surface area contributed by atoms with Crippen LogP contribution in [0.1, 0.15) is 12.8 Å². The second-order valence-electron chi connectivity index (χ2n) is 5.28. The fourth-order valence-corrected chi connectivity index (χ4v) is 3.41. The topological polar surface area (TPSA) is 87.7 Å². The number of nitrogens with one attached hydrogen (secondary N) is 2. The molecule has 1 amide bonds. The van der Waals surface area contributed by atoms with Crippen molar-refractivity contribution in [2.75, 3.05) is 44.8 Å². The number of sulfonamides is 1. The molecule has 0 aromatic heterocycles. The number of amides is 1. The average molecular weight is 341 g/mol. The normalized spacial score (nSPS) is 15.3. The molecule has 1 aliphatic heterocycles. The number of anilines is 1. The molecule has 1 heterocycles. The van der Waals surface area contributed by atoms with E-state index < -0.39 is 10.0 Å². The standard InChI is InChI=1S/C15H23N3O4S/c1-22-12-10-16-8-9-17-23(20,21)14-6-4-13(5-7-14)18-11-2-3-15(18)19/h4-7,16-17H,2-3,8-12H2,1H3. The van der Waals surface area contributed by atoms with Crippen LogP contribution in [0.4, 0.5) is 5.69 Å². The van der Waals surface area contributed by atoms with E-state index in [0.717, 1.165) is 12.1 Å². The van der Waals surface area contributed by atoms with Crippen molar-refractivity contribution in [1.29, 1.82) is 0 Å². The minimum Gasteiger partial charge on any atom is -0.383 e. The number of ether oxygens (including phenoxy) is 1. The Bertz CT molecular complexity index is 616. The molecule has 1 aromatic rings. The summed E-state index contributed by atoms with van der Waals surface area (Å²) in [5, 5.41) is 3.07. The van der Waals surface area contributed by atoms with Crippen molar-refractivity contribution in [3.63, 3.8) is 0 Å². The predicted molar refractivity (Wildman–Crippen MR) is 88.0 cm³/mol. The Morgan fingerprint density at radius 3 is 2.52 bits per heavy atom. The van der Waals surface area contributed by atoms with Crippen molar-refractivity contribution in [2.24, 2.45) is 0 Å². The Labute approximate surface area is 137 Å². The SMILES string of the molecule is COCCNCCNS(=O)(=O)c1ccc(N2CCCC2=O)cc1. The molecule has 0 spiro atoms. The first kappa shape index (κ1) is 17.9. The zero-order valence-electron chi connectivity index (χ0n) is 13.2. The third kappa shape index (κ3) is 5.00. The molecule has 1 saturated heterocycles. The van der Waals surface area contributed by atoms with Gasteiger partial charge < -0.3 is 15.0 Å². The summed E-state index contributed by atoms with van der Waals surface area (Å²) in [5.74, 6) is 0.0841. The number of hydrogen-bond acceptors (Lipinski definition) is 5. The molecular weight excluding hydrogens is 318 g/mol. The zero-order chi connectivity index (χ0) is 16.7. The quantitative estimate of drug-likeness (QED) is 0.632. The molecule has 0 aliphatic carbocycles. The van der Waals surface area contributed by atoms with E-state index in [2.05, 4.69) is 10.0 Å². The maximum atomic E-state index is 12.2. The highest BCUT2D eigenvalue weighted by atomic mass is 32.2. The van der Waals surface area contributed by atoms with Crippen LogP contribution in [0, 0.1) is 0 Å². The molecule has 128 valence electrons. The first-order valence-electron chi connectivity index (χ1n) is 7.64. The third-order valence-electron chi connectivity index (χ3n) is 3.61. The van der Waals surface area contributed by atoms with Crippen LogP contribution < -0.4 is 14.9 Å². The van der Waals surface area contributed by atoms with Gasteiger partial charge in [0.1, 0.15) is 0 Å². The molecule has 8 heteroatoms. The van der Waals surface area contributed by atoms with Crippen LogP contribution in [0.5, 0.6) is 0 Å². The van der Waals surface area contributed by atoms with E-state index in [1.54, 1.807) is 24.1 Å². The molecule has 0 atom stereocenters. The number of hydrogen-bond donors (Lipinski definition) is 2. The van der Waals surface area contributed by atoms with Gasteiger partial charge in [-0.1, -0.05) is 0 Å². The lowest BCUT2D eigenvalue weighted by atomic mass is 10.3. The molecule has 2 N–H and O–H groups in total. The average Bonchev–Trinajstić information content (AvgIpc) is 2.97. The second-order valence-corrected chi connectivity index (χ2v) is 7.05. The van der Waals surface area contributed by atoms with Gasteiger partial charge in [0, 0.05) is 45.4 Å². The molecule has 1 aliphatic rings. The maximum absolute atomic E-state index is 12.2. The highest BCUT2D eigenvalue weighted by Gasteiger charge is 2.22. The first-order chi connectivity index (χ1) is 11.0. The summed E-state index contributed by atoms with van der Waals surface area (Å²) in [6, 6.07) is 6.41. The Balaban J connectivity index is 1.88. The molecule has 0 bridgehead atoms. The Kier molecular flexibility index (Phi) is 6.52. The van der Waals surface area contributed by atoms with Crippen molar-refractivity contribution in [2.45, 2.75) is 17.7 Å². The second kappa shape index (κ2) is 8.39. The Morgan fingerprint density at radius 2 is 1.91 bits per heavy atom. The van der Waals surface area contributed by atoms with Crippen LogP contribution in [0.2, 0.25) is 0 Å². The number of nitrogens with zero attached hydrogens (tertiary/aromatic N) is 1. The van der Waals surface area contributed by atoms with Crippen molar-refractivity contribution in [3.05, 3.63) is 24.3 Å². The summed E-state index contributed by atoms with van der Waals surface area (Å²) < 4.78 is 31.8. The number of methoxy groups -OCH3 is 1. The molecular formula is C15H23N3O4S. The fraction of sp³-hybridized carbons (Fsp3) is 0.533. The van der Waals surface area contributed by atoms with E-state index in [4.69, 9.17) is 4.74 Å². The van der Waals surface area contributed by atoms with E-state index in [1.165, 1.54) is 12.1 Å². The minimum atomic E-state index is -3.53. The lowest BCUT2D eigenvalue weighted by Gasteiger charge is -2.16. The summed E-state index contributed by atoms with van der Waals surface area (Å²) in [6.45, 7) is 2.79. The summed E-state index contributed by atoms with van der Waals surface area (Å²) in [7, 11) is -1.92. The number of benzene rings is 1. The number of carbonyl (C=O) groups excluding carboxylic acids is 1. The van der Waals surface area contributed by atoms with Gasteiger partial charge in [0.05, 0.1) is 11.5 Å². The van der Waals surface area contributed by atoms with Gasteiger partial charge in [-0.2, -0.15) is 0 Å². The van der Waals surface area contributed by atoms with Crippen LogP contribution in [0.15, 0.2) is 29.2 Å². The van der Waals surface area contributed by atoms with Gasteiger partial charge >= 0.3 is 0 Å². The highest BCUT2D eigenvalue weighted by Crippen LogP contribution is 2.22. The van der Waals surface area contributed by atoms with Gasteiger partial charge in [-0.15, -0.1) is 0 Å². The molecule has 7 nitrogen and oxygen atoms in total. The van der Waals surface area contributed by atoms with E-state index in [1.807, 2.05) is 0 Å². The lowest BCUT2D eigenvalue weighted by Crippen LogP contribution is -2.33. The Morgan fingerprint density at radius 1 is 1.17 bits per heavy atom. The largest absolute Gasteiger partial charge is 0.383 e. The molecule has 2 rings (SSSR count). The monoisotopic (exact) mass is 341 g/mol. The van der Waals surface area contributed by atoms with Crippen LogP contribution >= 0.6 is 0 Å². The van der Waals surface area contributed by atoms with Crippen LogP contribution in [0.25, 0.3) is 0 Å². The van der Waals surface area contributed by atoms with Gasteiger partial charge in [0.15, 0.2) is 0 Å². The first-order valence-corrected chi connectivity index (χ1v) is 9.12. The van der Waals surface area contributed by atoms with Crippen molar-refractivity contribution in [3.8, 4) is 0 Å².